The molecular formula is C17H19N3O2. The molecule has 3 rings (SSSR count). The molecule has 1 aromatic heterocycles. The summed E-state index contributed by atoms with van der Waals surface area (Å²) in [5.74, 6) is 0.977. The maximum atomic E-state index is 12.7. The molecule has 0 N–H and O–H groups in total. The minimum Gasteiger partial charge on any atom is -0.493 e. The highest BCUT2D eigenvalue weighted by atomic mass is 16.5. The topological polar surface area (TPSA) is 55.3 Å². The number of rotatable bonds is 3. The normalized spacial score (nSPS) is 17.0. The van der Waals surface area contributed by atoms with E-state index in [1.807, 2.05) is 31.3 Å². The fourth-order valence-electron chi connectivity index (χ4n) is 2.75. The van der Waals surface area contributed by atoms with Crippen LogP contribution in [-0.2, 0) is 17.8 Å². The number of aromatic nitrogens is 2. The second-order valence-electron chi connectivity index (χ2n) is 5.54. The van der Waals surface area contributed by atoms with Gasteiger partial charge in [-0.15, -0.1) is 0 Å². The van der Waals surface area contributed by atoms with Crippen LogP contribution >= 0.6 is 0 Å². The van der Waals surface area contributed by atoms with Crippen molar-refractivity contribution < 1.29 is 9.53 Å². The van der Waals surface area contributed by atoms with E-state index >= 15 is 0 Å². The molecule has 5 nitrogen and oxygen atoms in total. The first kappa shape index (κ1) is 14.5. The predicted octanol–water partition coefficient (Wildman–Crippen LogP) is 2.08. The number of amides is 1. The molecule has 1 aromatic carbocycles. The highest BCUT2D eigenvalue weighted by molar-refractivity contribution is 5.79. The van der Waals surface area contributed by atoms with E-state index in [4.69, 9.17) is 4.74 Å². The van der Waals surface area contributed by atoms with Gasteiger partial charge in [0.2, 0.25) is 5.91 Å². The minimum atomic E-state index is -0.0506. The van der Waals surface area contributed by atoms with Crippen LogP contribution in [0.25, 0.3) is 0 Å². The third-order valence-electron chi connectivity index (χ3n) is 3.90. The van der Waals surface area contributed by atoms with Gasteiger partial charge in [-0.05, 0) is 24.5 Å². The average Bonchev–Trinajstić information content (AvgIpc) is 2.77. The summed E-state index contributed by atoms with van der Waals surface area (Å²) in [6.45, 7) is 1.05. The zero-order chi connectivity index (χ0) is 15.4. The van der Waals surface area contributed by atoms with E-state index in [-0.39, 0.29) is 11.8 Å². The molecule has 5 heteroatoms. The van der Waals surface area contributed by atoms with Gasteiger partial charge in [0.05, 0.1) is 25.0 Å². The molecule has 0 spiro atoms. The summed E-state index contributed by atoms with van der Waals surface area (Å²) in [5.41, 5.74) is 1.90. The average molecular weight is 297 g/mol. The van der Waals surface area contributed by atoms with Crippen molar-refractivity contribution >= 4 is 5.91 Å². The molecule has 1 amide bonds. The van der Waals surface area contributed by atoms with Crippen LogP contribution in [0.4, 0.5) is 0 Å². The Kier molecular flexibility index (Phi) is 4.32. The van der Waals surface area contributed by atoms with E-state index in [9.17, 15) is 4.79 Å². The number of carbonyl (C=O) groups is 1. The second-order valence-corrected chi connectivity index (χ2v) is 5.54. The van der Waals surface area contributed by atoms with Gasteiger partial charge in [0, 0.05) is 25.4 Å². The number of hydrogen-bond acceptors (Lipinski definition) is 4. The lowest BCUT2D eigenvalue weighted by Crippen LogP contribution is -2.34. The highest BCUT2D eigenvalue weighted by Crippen LogP contribution is 2.27. The third kappa shape index (κ3) is 3.24. The Hall–Kier alpha value is -2.43. The molecule has 1 unspecified atom stereocenters. The molecule has 114 valence electrons. The Labute approximate surface area is 130 Å². The van der Waals surface area contributed by atoms with Crippen LogP contribution in [0.3, 0.4) is 0 Å². The summed E-state index contributed by atoms with van der Waals surface area (Å²) in [6.07, 6.45) is 6.42. The van der Waals surface area contributed by atoms with Crippen LogP contribution in [0.5, 0.6) is 5.75 Å². The number of nitrogens with zero attached hydrogens (tertiary/aromatic N) is 3. The van der Waals surface area contributed by atoms with Crippen molar-refractivity contribution in [1.29, 1.82) is 0 Å². The summed E-state index contributed by atoms with van der Waals surface area (Å²) in [7, 11) is 1.81. The zero-order valence-corrected chi connectivity index (χ0v) is 12.6. The molecule has 0 bridgehead atoms. The van der Waals surface area contributed by atoms with E-state index in [0.717, 1.165) is 29.8 Å². The van der Waals surface area contributed by atoms with Gasteiger partial charge in [0.1, 0.15) is 5.75 Å². The standard InChI is InChI=1S/C17H19N3O2/c1-20(12-15-11-18-7-8-19-15)17(21)14-6-9-22-16-5-3-2-4-13(16)10-14/h2-5,7-8,11,14H,6,9-10,12H2,1H3. The molecule has 0 saturated heterocycles. The van der Waals surface area contributed by atoms with Gasteiger partial charge < -0.3 is 9.64 Å². The van der Waals surface area contributed by atoms with Crippen LogP contribution in [0.15, 0.2) is 42.9 Å². The van der Waals surface area contributed by atoms with Crippen LogP contribution in [0, 0.1) is 5.92 Å². The van der Waals surface area contributed by atoms with Gasteiger partial charge in [0.15, 0.2) is 0 Å². The van der Waals surface area contributed by atoms with Gasteiger partial charge in [-0.2, -0.15) is 0 Å². The van der Waals surface area contributed by atoms with E-state index < -0.39 is 0 Å². The highest BCUT2D eigenvalue weighted by Gasteiger charge is 2.26. The van der Waals surface area contributed by atoms with Crippen LogP contribution in [0.2, 0.25) is 0 Å². The number of para-hydroxylation sites is 1. The SMILES string of the molecule is CN(Cc1cnccn1)C(=O)C1CCOc2ccccc2C1. The number of benzene rings is 1. The second kappa shape index (κ2) is 6.56. The summed E-state index contributed by atoms with van der Waals surface area (Å²) >= 11 is 0. The number of ether oxygens (including phenoxy) is 1. The summed E-state index contributed by atoms with van der Waals surface area (Å²) in [4.78, 5) is 22.7. The molecule has 2 heterocycles. The van der Waals surface area contributed by atoms with Gasteiger partial charge in [-0.1, -0.05) is 18.2 Å². The maximum Gasteiger partial charge on any atom is 0.226 e. The Balaban J connectivity index is 1.69. The van der Waals surface area contributed by atoms with E-state index in [1.54, 1.807) is 23.5 Å². The van der Waals surface area contributed by atoms with Crippen molar-refractivity contribution in [2.75, 3.05) is 13.7 Å². The largest absolute Gasteiger partial charge is 0.493 e. The van der Waals surface area contributed by atoms with Gasteiger partial charge >= 0.3 is 0 Å². The van der Waals surface area contributed by atoms with Crippen molar-refractivity contribution in [3.05, 3.63) is 54.1 Å². The predicted molar refractivity (Wildman–Crippen MR) is 82.3 cm³/mol. The maximum absolute atomic E-state index is 12.7. The number of hydrogen-bond donors (Lipinski definition) is 0. The Morgan fingerprint density at radius 1 is 1.36 bits per heavy atom. The van der Waals surface area contributed by atoms with E-state index in [2.05, 4.69) is 9.97 Å². The fraction of sp³-hybridized carbons (Fsp3) is 0.353. The molecule has 0 saturated carbocycles. The van der Waals surface area contributed by atoms with Crippen molar-refractivity contribution in [2.45, 2.75) is 19.4 Å². The summed E-state index contributed by atoms with van der Waals surface area (Å²) in [6, 6.07) is 7.94. The molecule has 1 aliphatic heterocycles. The molecule has 22 heavy (non-hydrogen) atoms. The molecule has 2 aromatic rings. The van der Waals surface area contributed by atoms with Crippen LogP contribution < -0.4 is 4.74 Å². The quantitative estimate of drug-likeness (QED) is 0.870. The Morgan fingerprint density at radius 3 is 3.05 bits per heavy atom. The van der Waals surface area contributed by atoms with Gasteiger partial charge in [-0.25, -0.2) is 0 Å². The summed E-state index contributed by atoms with van der Waals surface area (Å²) < 4.78 is 5.73. The van der Waals surface area contributed by atoms with Crippen LogP contribution in [-0.4, -0.2) is 34.4 Å². The van der Waals surface area contributed by atoms with E-state index in [1.165, 1.54) is 0 Å². The van der Waals surface area contributed by atoms with Crippen molar-refractivity contribution in [3.8, 4) is 5.75 Å². The molecule has 0 radical (unpaired) electrons. The summed E-state index contributed by atoms with van der Waals surface area (Å²) in [5, 5.41) is 0. The number of carbonyl (C=O) groups excluding carboxylic acids is 1. The first-order valence-corrected chi connectivity index (χ1v) is 7.44. The first-order valence-electron chi connectivity index (χ1n) is 7.44. The third-order valence-corrected chi connectivity index (χ3v) is 3.90. The fourth-order valence-corrected chi connectivity index (χ4v) is 2.75. The monoisotopic (exact) mass is 297 g/mol. The lowest BCUT2D eigenvalue weighted by Gasteiger charge is -2.22. The molecule has 1 aliphatic rings. The lowest BCUT2D eigenvalue weighted by molar-refractivity contribution is -0.135. The smallest absolute Gasteiger partial charge is 0.226 e. The molecule has 0 fully saturated rings. The van der Waals surface area contributed by atoms with E-state index in [0.29, 0.717) is 13.2 Å². The molecule has 0 aliphatic carbocycles. The Morgan fingerprint density at radius 2 is 2.23 bits per heavy atom. The van der Waals surface area contributed by atoms with Crippen molar-refractivity contribution in [1.82, 2.24) is 14.9 Å². The Bertz CT molecular complexity index is 645. The number of fused-ring (bicyclic) bond motifs is 1. The van der Waals surface area contributed by atoms with Crippen LogP contribution in [0.1, 0.15) is 17.7 Å². The first-order chi connectivity index (χ1) is 10.7. The van der Waals surface area contributed by atoms with Crippen molar-refractivity contribution in [2.24, 2.45) is 5.92 Å². The molecular weight excluding hydrogens is 278 g/mol. The van der Waals surface area contributed by atoms with Crippen molar-refractivity contribution in [3.63, 3.8) is 0 Å². The van der Waals surface area contributed by atoms with Gasteiger partial charge in [-0.3, -0.25) is 14.8 Å². The minimum absolute atomic E-state index is 0.0506. The molecule has 1 atom stereocenters. The lowest BCUT2D eigenvalue weighted by atomic mass is 9.95. The van der Waals surface area contributed by atoms with Gasteiger partial charge in [0.25, 0.3) is 0 Å². The zero-order valence-electron chi connectivity index (χ0n) is 12.6.